The fraction of sp³-hybridized carbons (Fsp3) is 0.767. The van der Waals surface area contributed by atoms with Gasteiger partial charge in [0.2, 0.25) is 5.91 Å². The Morgan fingerprint density at radius 2 is 0.979 bits per heavy atom. The van der Waals surface area contributed by atoms with E-state index in [1.54, 1.807) is 0 Å². The molecule has 2 amide bonds. The molecule has 0 saturated carbocycles. The van der Waals surface area contributed by atoms with Gasteiger partial charge in [-0.1, -0.05) is 180 Å². The van der Waals surface area contributed by atoms with Crippen molar-refractivity contribution in [2.75, 3.05) is 0 Å². The van der Waals surface area contributed by atoms with Crippen molar-refractivity contribution >= 4 is 33.0 Å². The van der Waals surface area contributed by atoms with Crippen LogP contribution in [0.25, 0.3) is 0 Å². The molecule has 0 aliphatic heterocycles. The van der Waals surface area contributed by atoms with Crippen molar-refractivity contribution in [3.63, 3.8) is 0 Å². The number of imide groups is 1. The monoisotopic (exact) mass is 779 g/mol. The molecule has 1 aromatic rings. The number of nitrogens with one attached hydrogen (secondary N) is 1. The average molecular weight is 780 g/mol. The summed E-state index contributed by atoms with van der Waals surface area (Å²) in [6, 6.07) is 5.67. The molecule has 1 aromatic carbocycles. The van der Waals surface area contributed by atoms with Crippen LogP contribution >= 0.6 is 21.2 Å². The molecular weight excluding hydrogens is 705 g/mol. The molecule has 5 heteroatoms. The lowest BCUT2D eigenvalue weighted by Crippen LogP contribution is -2.30. The van der Waals surface area contributed by atoms with Crippen molar-refractivity contribution in [1.29, 1.82) is 0 Å². The van der Waals surface area contributed by atoms with Crippen molar-refractivity contribution in [3.8, 4) is 0 Å². The molecule has 0 aliphatic rings. The summed E-state index contributed by atoms with van der Waals surface area (Å²) in [5.41, 5.74) is 1.50. The largest absolute Gasteiger partial charge is 0.292 e. The van der Waals surface area contributed by atoms with Crippen molar-refractivity contribution < 1.29 is 12.7 Å². The molecule has 0 aromatic heterocycles. The van der Waals surface area contributed by atoms with Gasteiger partial charge in [-0.3, -0.25) is 18.0 Å². The molecule has 0 spiro atoms. The van der Waals surface area contributed by atoms with Gasteiger partial charge in [-0.05, 0) is 62.6 Å². The molecule has 0 unspecified atom stereocenters. The van der Waals surface area contributed by atoms with E-state index in [1.807, 2.05) is 18.2 Å². The third kappa shape index (κ3) is 26.5. The maximum atomic E-state index is 12.9. The second-order valence-corrected chi connectivity index (χ2v) is 15.8. The van der Waals surface area contributed by atoms with Crippen molar-refractivity contribution in [3.05, 3.63) is 45.0 Å². The number of hydrogen-bond acceptors (Lipinski definition) is 3. The van der Waals surface area contributed by atoms with E-state index < -0.39 is 27.1 Å². The van der Waals surface area contributed by atoms with Crippen LogP contribution in [0.3, 0.4) is 0 Å². The second kappa shape index (κ2) is 34.1. The summed E-state index contributed by atoms with van der Waals surface area (Å²) in [6.45, 7) is 4.55. The summed E-state index contributed by atoms with van der Waals surface area (Å²) >= 11 is -1.48. The minimum absolute atomic E-state index is 0.220. The summed E-state index contributed by atoms with van der Waals surface area (Å²) in [7, 11) is 0. The first-order chi connectivity index (χ1) is 23.6. The lowest BCUT2D eigenvalue weighted by Gasteiger charge is -2.09. The zero-order valence-corrected chi connectivity index (χ0v) is 33.6. The van der Waals surface area contributed by atoms with Gasteiger partial charge in [-0.15, -0.1) is 0 Å². The van der Waals surface area contributed by atoms with Gasteiger partial charge in [-0.2, -0.15) is 0 Å². The molecule has 0 atom stereocenters. The fourth-order valence-electron chi connectivity index (χ4n) is 6.46. The van der Waals surface area contributed by atoms with Crippen molar-refractivity contribution in [2.45, 2.75) is 213 Å². The van der Waals surface area contributed by atoms with E-state index in [0.29, 0.717) is 15.6 Å². The van der Waals surface area contributed by atoms with E-state index in [2.05, 4.69) is 31.3 Å². The Bertz CT molecular complexity index is 959. The van der Waals surface area contributed by atoms with E-state index in [1.165, 1.54) is 154 Å². The Morgan fingerprint density at radius 3 is 1.44 bits per heavy atom. The minimum atomic E-state index is -1.48. The molecule has 1 N–H and O–H groups in total. The van der Waals surface area contributed by atoms with Crippen LogP contribution in [0.2, 0.25) is 0 Å². The van der Waals surface area contributed by atoms with Gasteiger partial charge < -0.3 is 0 Å². The summed E-state index contributed by atoms with van der Waals surface area (Å²) < 4.78 is 12.4. The van der Waals surface area contributed by atoms with Gasteiger partial charge in [0, 0.05) is 6.42 Å². The predicted octanol–water partition coefficient (Wildman–Crippen LogP) is 14.3. The molecule has 0 saturated heterocycles. The van der Waals surface area contributed by atoms with E-state index >= 15 is 0 Å². The molecule has 0 aliphatic carbocycles. The van der Waals surface area contributed by atoms with Crippen LogP contribution in [0.1, 0.15) is 222 Å². The Hall–Kier alpha value is -1.37. The number of allylic oxidation sites excluding steroid dienone is 2. The maximum absolute atomic E-state index is 12.9. The van der Waals surface area contributed by atoms with Crippen LogP contribution in [0.5, 0.6) is 0 Å². The maximum Gasteiger partial charge on any atom is 0.259 e. The van der Waals surface area contributed by atoms with Gasteiger partial charge in [0.15, 0.2) is 21.2 Å². The molecule has 0 radical (unpaired) electrons. The Kier molecular flexibility index (Phi) is 31.7. The topological polar surface area (TPSA) is 63.2 Å². The first-order valence-corrected chi connectivity index (χ1v) is 22.5. The normalized spacial score (nSPS) is 11.5. The van der Waals surface area contributed by atoms with Crippen molar-refractivity contribution in [2.24, 2.45) is 0 Å². The molecule has 0 fully saturated rings. The van der Waals surface area contributed by atoms with Gasteiger partial charge in [0.05, 0.1) is 9.13 Å². The number of benzene rings is 1. The number of halogens is 1. The van der Waals surface area contributed by atoms with Crippen LogP contribution in [0, 0.1) is 3.57 Å². The highest BCUT2D eigenvalue weighted by molar-refractivity contribution is 14.1. The molecular formula is C43H74INO3. The van der Waals surface area contributed by atoms with Gasteiger partial charge in [-0.25, -0.2) is 0 Å². The summed E-state index contributed by atoms with van der Waals surface area (Å²) in [6.07, 6.45) is 43.4. The standard InChI is InChI=1S/C43H74INO3/c1-3-5-7-9-11-13-15-17-19-21-22-24-26-28-30-32-34-39-36-37-41(44-48)40(38-39)43(47)45-42(46)35-33-31-29-27-25-23-20-18-16-14-12-10-8-6-4-2/h21-22,36-38H,3-20,23-35H2,1-2H3,(H,45,46,47). The number of carbonyl (C=O) groups is 2. The molecule has 0 heterocycles. The summed E-state index contributed by atoms with van der Waals surface area (Å²) in [5.74, 6) is -0.617. The van der Waals surface area contributed by atoms with Gasteiger partial charge >= 0.3 is 0 Å². The quantitative estimate of drug-likeness (QED) is 0.0430. The zero-order valence-electron chi connectivity index (χ0n) is 31.4. The van der Waals surface area contributed by atoms with Crippen molar-refractivity contribution in [1.82, 2.24) is 5.32 Å². The predicted molar refractivity (Wildman–Crippen MR) is 215 cm³/mol. The van der Waals surface area contributed by atoms with E-state index in [-0.39, 0.29) is 5.91 Å². The SMILES string of the molecule is CCCCCCCCCCC=CCCCCCCc1ccc(I=O)c(C(=O)NC(=O)CCCCCCCCCCCCCCCCC)c1. The van der Waals surface area contributed by atoms with Crippen LogP contribution < -0.4 is 5.32 Å². The summed E-state index contributed by atoms with van der Waals surface area (Å²) in [4.78, 5) is 25.4. The highest BCUT2D eigenvalue weighted by Crippen LogP contribution is 2.20. The van der Waals surface area contributed by atoms with E-state index in [0.717, 1.165) is 44.1 Å². The first-order valence-electron chi connectivity index (χ1n) is 20.5. The van der Waals surface area contributed by atoms with E-state index in [4.69, 9.17) is 0 Å². The third-order valence-corrected chi connectivity index (χ3v) is 11.0. The van der Waals surface area contributed by atoms with Crippen LogP contribution in [0.15, 0.2) is 30.4 Å². The molecule has 48 heavy (non-hydrogen) atoms. The number of aryl methyl sites for hydroxylation is 1. The van der Waals surface area contributed by atoms with Crippen LogP contribution in [0.4, 0.5) is 0 Å². The van der Waals surface area contributed by atoms with E-state index in [9.17, 15) is 12.7 Å². The Morgan fingerprint density at radius 1 is 0.562 bits per heavy atom. The Labute approximate surface area is 307 Å². The number of carbonyl (C=O) groups excluding carboxylic acids is 2. The third-order valence-electron chi connectivity index (χ3n) is 9.60. The zero-order chi connectivity index (χ0) is 34.8. The van der Waals surface area contributed by atoms with Gasteiger partial charge in [0.1, 0.15) is 0 Å². The number of unbranched alkanes of at least 4 members (excludes halogenated alkanes) is 26. The molecule has 276 valence electrons. The lowest BCUT2D eigenvalue weighted by atomic mass is 10.0. The second-order valence-electron chi connectivity index (χ2n) is 14.2. The first kappa shape index (κ1) is 44.7. The van der Waals surface area contributed by atoms with Crippen LogP contribution in [-0.4, -0.2) is 11.8 Å². The molecule has 0 bridgehead atoms. The highest BCUT2D eigenvalue weighted by atomic mass is 127. The van der Waals surface area contributed by atoms with Crippen LogP contribution in [-0.2, 0) is 14.3 Å². The highest BCUT2D eigenvalue weighted by Gasteiger charge is 2.15. The fourth-order valence-corrected chi connectivity index (χ4v) is 7.42. The average Bonchev–Trinajstić information content (AvgIpc) is 3.09. The number of rotatable bonds is 34. The lowest BCUT2D eigenvalue weighted by molar-refractivity contribution is -0.120. The van der Waals surface area contributed by atoms with Gasteiger partial charge in [0.25, 0.3) is 5.91 Å². The minimum Gasteiger partial charge on any atom is -0.292 e. The Balaban J connectivity index is 2.12. The number of amides is 2. The summed E-state index contributed by atoms with van der Waals surface area (Å²) in [5, 5.41) is 2.57. The smallest absolute Gasteiger partial charge is 0.259 e. The number of hydrogen-bond donors (Lipinski definition) is 1. The molecule has 4 nitrogen and oxygen atoms in total. The molecule has 1 rings (SSSR count).